The second-order valence-electron chi connectivity index (χ2n) is 14.4. The van der Waals surface area contributed by atoms with Crippen molar-refractivity contribution in [2.24, 2.45) is 0 Å². The van der Waals surface area contributed by atoms with Crippen molar-refractivity contribution in [2.45, 2.75) is 127 Å². The summed E-state index contributed by atoms with van der Waals surface area (Å²) in [6, 6.07) is 6.54. The molecule has 1 saturated heterocycles. The third-order valence-electron chi connectivity index (χ3n) is 9.98. The first kappa shape index (κ1) is 37.0. The van der Waals surface area contributed by atoms with Crippen LogP contribution in [0.2, 0.25) is 0 Å². The third kappa shape index (κ3) is 8.65. The summed E-state index contributed by atoms with van der Waals surface area (Å²) in [5, 5.41) is 5.81. The van der Waals surface area contributed by atoms with E-state index >= 15 is 0 Å². The second-order valence-corrected chi connectivity index (χ2v) is 17.2. The summed E-state index contributed by atoms with van der Waals surface area (Å²) in [6.45, 7) is 6.53. The number of ether oxygens (including phenoxy) is 2. The number of carbonyl (C=O) groups excluding carboxylic acids is 3. The fraction of sp³-hybridized carbons (Fsp3) is 0.595. The lowest BCUT2D eigenvalue weighted by Gasteiger charge is -2.26. The van der Waals surface area contributed by atoms with Gasteiger partial charge in [0.1, 0.15) is 39.9 Å². The van der Waals surface area contributed by atoms with E-state index in [-0.39, 0.29) is 24.8 Å². The molecule has 3 heterocycles. The van der Waals surface area contributed by atoms with E-state index in [1.807, 2.05) is 29.6 Å². The highest BCUT2D eigenvalue weighted by Crippen LogP contribution is 2.39. The molecular weight excluding hydrogens is 691 g/mol. The molecule has 2 N–H and O–H groups in total. The van der Waals surface area contributed by atoms with E-state index in [1.54, 1.807) is 12.0 Å². The molecule has 2 saturated carbocycles. The summed E-state index contributed by atoms with van der Waals surface area (Å²) in [5.74, 6) is 0.117. The zero-order valence-corrected chi connectivity index (χ0v) is 31.5. The molecule has 2 atom stereocenters. The number of unbranched alkanes of at least 4 members (excludes halogenated alkanes) is 5. The number of amides is 3. The molecule has 3 aromatic rings. The van der Waals surface area contributed by atoms with Gasteiger partial charge in [0, 0.05) is 35.7 Å². The summed E-state index contributed by atoms with van der Waals surface area (Å²) in [5.41, 5.74) is 0.980. The Bertz CT molecular complexity index is 1870. The lowest BCUT2D eigenvalue weighted by Crippen LogP contribution is -2.55. The largest absolute Gasteiger partial charge is 0.497 e. The Labute approximate surface area is 304 Å². The number of nitrogens with zero attached hydrogens (tertiary/aromatic N) is 3. The molecule has 2 aromatic heterocycles. The van der Waals surface area contributed by atoms with Gasteiger partial charge in [-0.15, -0.1) is 11.3 Å². The second kappa shape index (κ2) is 15.4. The van der Waals surface area contributed by atoms with E-state index in [9.17, 15) is 22.8 Å². The minimum Gasteiger partial charge on any atom is -0.497 e. The summed E-state index contributed by atoms with van der Waals surface area (Å²) in [6.07, 6.45) is 7.81. The van der Waals surface area contributed by atoms with Crippen LogP contribution in [0, 0.1) is 0 Å². The van der Waals surface area contributed by atoms with Crippen LogP contribution in [0.5, 0.6) is 11.5 Å². The number of sulfonamides is 1. The summed E-state index contributed by atoms with van der Waals surface area (Å²) in [7, 11) is -2.17. The number of aromatic nitrogens is 2. The highest BCUT2D eigenvalue weighted by Gasteiger charge is 2.55. The average Bonchev–Trinajstić information content (AvgIpc) is 4.02. The van der Waals surface area contributed by atoms with E-state index in [0.717, 1.165) is 54.6 Å². The normalized spacial score (nSPS) is 19.7. The minimum atomic E-state index is -3.77. The van der Waals surface area contributed by atoms with E-state index < -0.39 is 44.8 Å². The van der Waals surface area contributed by atoms with Crippen molar-refractivity contribution in [2.75, 3.05) is 13.7 Å². The highest BCUT2D eigenvalue weighted by molar-refractivity contribution is 7.91. The quantitative estimate of drug-likeness (QED) is 0.162. The van der Waals surface area contributed by atoms with Crippen molar-refractivity contribution in [1.29, 1.82) is 0 Å². The number of thiazole rings is 1. The molecular formula is C37H49N5O7S2. The van der Waals surface area contributed by atoms with Gasteiger partial charge in [-0.1, -0.05) is 52.9 Å². The Morgan fingerprint density at radius 2 is 1.80 bits per heavy atom. The molecule has 3 amide bonds. The molecule has 2 aliphatic carbocycles. The van der Waals surface area contributed by atoms with Crippen LogP contribution in [0.15, 0.2) is 29.6 Å². The topological polar surface area (TPSA) is 157 Å². The summed E-state index contributed by atoms with van der Waals surface area (Å²) >= 11 is 1.51. The van der Waals surface area contributed by atoms with Gasteiger partial charge in [-0.2, -0.15) is 0 Å². The molecule has 3 fully saturated rings. The van der Waals surface area contributed by atoms with Gasteiger partial charge in [0.05, 0.1) is 30.1 Å². The Morgan fingerprint density at radius 3 is 2.47 bits per heavy atom. The standard InChI is InChI=1S/C37H49N5O7S2/c1-5-6-7-8-9-10-11-33(43)42-21-25(19-31(42)34(44)40-37(16-17-37)36(45)41-51(46,47)26-13-14-26)49-32-20-29(35-39-30(22-50-35)23(2)3)38-28-18-24(48-4)12-15-27(28)32/h12,15,18,20,22-23,25-26,31H,5-11,13-14,16-17,19,21H2,1-4H3,(H,40,44)(H,41,45)/t25-,31+/m1/s1. The SMILES string of the molecule is CCCCCCCCC(=O)N1C[C@H](Oc2cc(-c3nc(C(C)C)cs3)nc3cc(OC)ccc23)C[C@H]1C(=O)NC1(C(=O)NS(=O)(=O)C2CC2)CC1. The average molecular weight is 740 g/mol. The first-order valence-electron chi connectivity index (χ1n) is 18.2. The van der Waals surface area contributed by atoms with E-state index in [1.165, 1.54) is 11.3 Å². The first-order valence-corrected chi connectivity index (χ1v) is 20.6. The Hall–Kier alpha value is -3.78. The van der Waals surface area contributed by atoms with Crippen LogP contribution in [0.1, 0.15) is 109 Å². The smallest absolute Gasteiger partial charge is 0.259 e. The maximum absolute atomic E-state index is 13.9. The number of pyridine rings is 1. The Kier molecular flexibility index (Phi) is 11.2. The molecule has 51 heavy (non-hydrogen) atoms. The van der Waals surface area contributed by atoms with Crippen molar-refractivity contribution in [3.05, 3.63) is 35.3 Å². The predicted octanol–water partition coefficient (Wildman–Crippen LogP) is 5.85. The number of methoxy groups -OCH3 is 1. The van der Waals surface area contributed by atoms with Crippen LogP contribution in [-0.2, 0) is 24.4 Å². The van der Waals surface area contributed by atoms with E-state index in [4.69, 9.17) is 19.4 Å². The maximum atomic E-state index is 13.9. The zero-order chi connectivity index (χ0) is 36.3. The lowest BCUT2D eigenvalue weighted by atomic mass is 10.1. The third-order valence-corrected chi connectivity index (χ3v) is 12.7. The number of likely N-dealkylation sites (tertiary alicyclic amines) is 1. The van der Waals surface area contributed by atoms with Crippen molar-refractivity contribution in [1.82, 2.24) is 24.9 Å². The van der Waals surface area contributed by atoms with Gasteiger partial charge in [-0.25, -0.2) is 18.4 Å². The fourth-order valence-electron chi connectivity index (χ4n) is 6.51. The van der Waals surface area contributed by atoms with E-state index in [0.29, 0.717) is 54.8 Å². The molecule has 0 bridgehead atoms. The lowest BCUT2D eigenvalue weighted by molar-refractivity contribution is -0.139. The fourth-order valence-corrected chi connectivity index (χ4v) is 8.83. The monoisotopic (exact) mass is 739 g/mol. The number of nitrogens with one attached hydrogen (secondary N) is 2. The van der Waals surface area contributed by atoms with Crippen molar-refractivity contribution in [3.8, 4) is 22.2 Å². The van der Waals surface area contributed by atoms with Crippen molar-refractivity contribution >= 4 is 50.0 Å². The molecule has 1 aromatic carbocycles. The number of carbonyl (C=O) groups is 3. The summed E-state index contributed by atoms with van der Waals surface area (Å²) < 4.78 is 39.3. The van der Waals surface area contributed by atoms with Crippen LogP contribution in [0.25, 0.3) is 21.6 Å². The predicted molar refractivity (Wildman–Crippen MR) is 196 cm³/mol. The molecule has 0 unspecified atom stereocenters. The molecule has 1 aliphatic heterocycles. The van der Waals surface area contributed by atoms with Crippen molar-refractivity contribution in [3.63, 3.8) is 0 Å². The molecule has 0 radical (unpaired) electrons. The van der Waals surface area contributed by atoms with Gasteiger partial charge in [0.25, 0.3) is 5.91 Å². The molecule has 14 heteroatoms. The number of benzene rings is 1. The molecule has 12 nitrogen and oxygen atoms in total. The number of rotatable bonds is 17. The zero-order valence-electron chi connectivity index (χ0n) is 29.9. The van der Waals surface area contributed by atoms with Crippen LogP contribution < -0.4 is 19.5 Å². The van der Waals surface area contributed by atoms with Gasteiger partial charge in [-0.05, 0) is 50.2 Å². The van der Waals surface area contributed by atoms with E-state index in [2.05, 4.69) is 30.8 Å². The van der Waals surface area contributed by atoms with Gasteiger partial charge in [-0.3, -0.25) is 19.1 Å². The number of fused-ring (bicyclic) bond motifs is 1. The Balaban J connectivity index is 1.23. The van der Waals surface area contributed by atoms with Gasteiger partial charge >= 0.3 is 0 Å². The van der Waals surface area contributed by atoms with Crippen LogP contribution in [0.4, 0.5) is 0 Å². The maximum Gasteiger partial charge on any atom is 0.259 e. The Morgan fingerprint density at radius 1 is 1.06 bits per heavy atom. The minimum absolute atomic E-state index is 0.142. The van der Waals surface area contributed by atoms with Crippen LogP contribution in [-0.4, -0.2) is 77.6 Å². The van der Waals surface area contributed by atoms with Gasteiger partial charge in [0.2, 0.25) is 21.8 Å². The highest BCUT2D eigenvalue weighted by atomic mass is 32.2. The molecule has 6 rings (SSSR count). The van der Waals surface area contributed by atoms with Crippen molar-refractivity contribution < 1.29 is 32.3 Å². The van der Waals surface area contributed by atoms with Crippen LogP contribution >= 0.6 is 11.3 Å². The molecule has 0 spiro atoms. The van der Waals surface area contributed by atoms with Crippen LogP contribution in [0.3, 0.4) is 0 Å². The first-order chi connectivity index (χ1) is 24.4. The van der Waals surface area contributed by atoms with Gasteiger partial charge < -0.3 is 19.7 Å². The summed E-state index contributed by atoms with van der Waals surface area (Å²) in [4.78, 5) is 52.0. The number of hydrogen-bond donors (Lipinski definition) is 2. The number of hydrogen-bond acceptors (Lipinski definition) is 10. The van der Waals surface area contributed by atoms with Gasteiger partial charge in [0.15, 0.2) is 0 Å². The molecule has 3 aliphatic rings. The molecule has 276 valence electrons.